The van der Waals surface area contributed by atoms with Crippen molar-refractivity contribution in [2.45, 2.75) is 38.1 Å². The van der Waals surface area contributed by atoms with Crippen LogP contribution < -0.4 is 15.8 Å². The number of hydrogen-bond donors (Lipinski definition) is 2. The summed E-state index contributed by atoms with van der Waals surface area (Å²) in [7, 11) is 1.67. The molecule has 33 heavy (non-hydrogen) atoms. The zero-order chi connectivity index (χ0) is 23.0. The zero-order valence-corrected chi connectivity index (χ0v) is 19.2. The summed E-state index contributed by atoms with van der Waals surface area (Å²) in [5, 5.41) is 3.33. The van der Waals surface area contributed by atoms with Gasteiger partial charge >= 0.3 is 0 Å². The standard InChI is InChI=1S/C28H33N3O2/c1-33-25-9-5-8-23(17-25)24-14-15-30-26(18-24)27(16-20-6-3-2-4-7-20)31-28(32)22-12-10-21(19-29)11-13-22/h2-9,14-15,17-18,21-22,27H,10-13,16,19,29H2,1H3,(H,31,32)/t21-,22-,27?. The maximum absolute atomic E-state index is 13.2. The van der Waals surface area contributed by atoms with Crippen molar-refractivity contribution < 1.29 is 9.53 Å². The van der Waals surface area contributed by atoms with E-state index in [0.717, 1.165) is 48.3 Å². The Morgan fingerprint density at radius 3 is 2.52 bits per heavy atom. The van der Waals surface area contributed by atoms with Crippen LogP contribution in [0.3, 0.4) is 0 Å². The Kier molecular flexibility index (Phi) is 7.74. The fourth-order valence-corrected chi connectivity index (χ4v) is 4.65. The average Bonchev–Trinajstić information content (AvgIpc) is 2.89. The number of ether oxygens (including phenoxy) is 1. The van der Waals surface area contributed by atoms with Crippen molar-refractivity contribution in [2.24, 2.45) is 17.6 Å². The summed E-state index contributed by atoms with van der Waals surface area (Å²) in [6.07, 6.45) is 6.38. The highest BCUT2D eigenvalue weighted by atomic mass is 16.5. The highest BCUT2D eigenvalue weighted by Gasteiger charge is 2.28. The van der Waals surface area contributed by atoms with Crippen LogP contribution in [0.1, 0.15) is 43.0 Å². The summed E-state index contributed by atoms with van der Waals surface area (Å²) in [6, 6.07) is 22.1. The summed E-state index contributed by atoms with van der Waals surface area (Å²) >= 11 is 0. The van der Waals surface area contributed by atoms with Gasteiger partial charge in [-0.3, -0.25) is 9.78 Å². The van der Waals surface area contributed by atoms with E-state index < -0.39 is 0 Å². The molecule has 0 aliphatic heterocycles. The maximum atomic E-state index is 13.2. The third-order valence-corrected chi connectivity index (χ3v) is 6.69. The van der Waals surface area contributed by atoms with Crippen LogP contribution in [-0.4, -0.2) is 24.5 Å². The second kappa shape index (κ2) is 11.1. The molecular formula is C28H33N3O2. The number of nitrogens with one attached hydrogen (secondary N) is 1. The molecule has 1 aliphatic carbocycles. The summed E-state index contributed by atoms with van der Waals surface area (Å²) in [5.41, 5.74) is 9.97. The molecule has 0 spiro atoms. The second-order valence-electron chi connectivity index (χ2n) is 8.91. The lowest BCUT2D eigenvalue weighted by atomic mass is 9.81. The van der Waals surface area contributed by atoms with Gasteiger partial charge in [0, 0.05) is 12.1 Å². The van der Waals surface area contributed by atoms with Crippen LogP contribution in [0.25, 0.3) is 11.1 Å². The van der Waals surface area contributed by atoms with Crippen LogP contribution in [0.5, 0.6) is 5.75 Å². The molecular weight excluding hydrogens is 410 g/mol. The van der Waals surface area contributed by atoms with E-state index in [1.807, 2.05) is 48.7 Å². The van der Waals surface area contributed by atoms with Crippen LogP contribution in [0.15, 0.2) is 72.9 Å². The van der Waals surface area contributed by atoms with E-state index >= 15 is 0 Å². The van der Waals surface area contributed by atoms with Crippen molar-refractivity contribution in [1.82, 2.24) is 10.3 Å². The van der Waals surface area contributed by atoms with Crippen molar-refractivity contribution in [3.05, 3.63) is 84.2 Å². The molecule has 5 heteroatoms. The van der Waals surface area contributed by atoms with Gasteiger partial charge in [-0.2, -0.15) is 0 Å². The van der Waals surface area contributed by atoms with Gasteiger partial charge in [0.2, 0.25) is 5.91 Å². The highest BCUT2D eigenvalue weighted by Crippen LogP contribution is 2.30. The van der Waals surface area contributed by atoms with Gasteiger partial charge in [-0.1, -0.05) is 42.5 Å². The van der Waals surface area contributed by atoms with Crippen molar-refractivity contribution in [3.63, 3.8) is 0 Å². The van der Waals surface area contributed by atoms with Gasteiger partial charge in [0.05, 0.1) is 18.8 Å². The first-order valence-electron chi connectivity index (χ1n) is 11.8. The molecule has 0 saturated heterocycles. The minimum atomic E-state index is -0.197. The van der Waals surface area contributed by atoms with E-state index in [9.17, 15) is 4.79 Å². The molecule has 3 aromatic rings. The van der Waals surface area contributed by atoms with E-state index in [0.29, 0.717) is 18.9 Å². The van der Waals surface area contributed by atoms with Crippen molar-refractivity contribution in [3.8, 4) is 16.9 Å². The predicted octanol–water partition coefficient (Wildman–Crippen LogP) is 4.92. The Morgan fingerprint density at radius 1 is 1.03 bits per heavy atom. The van der Waals surface area contributed by atoms with Gasteiger partial charge < -0.3 is 15.8 Å². The van der Waals surface area contributed by atoms with Gasteiger partial charge in [0.1, 0.15) is 5.75 Å². The van der Waals surface area contributed by atoms with Crippen molar-refractivity contribution in [2.75, 3.05) is 13.7 Å². The Morgan fingerprint density at radius 2 is 1.79 bits per heavy atom. The Bertz CT molecular complexity index is 1050. The fourth-order valence-electron chi connectivity index (χ4n) is 4.65. The molecule has 1 aromatic heterocycles. The number of nitrogens with zero attached hydrogens (tertiary/aromatic N) is 1. The minimum absolute atomic E-state index is 0.0487. The van der Waals surface area contributed by atoms with E-state index in [-0.39, 0.29) is 17.9 Å². The average molecular weight is 444 g/mol. The number of aromatic nitrogens is 1. The molecule has 172 valence electrons. The summed E-state index contributed by atoms with van der Waals surface area (Å²) in [4.78, 5) is 17.9. The van der Waals surface area contributed by atoms with Gasteiger partial charge in [-0.05, 0) is 85.5 Å². The monoisotopic (exact) mass is 443 g/mol. The van der Waals surface area contributed by atoms with Crippen LogP contribution in [0, 0.1) is 11.8 Å². The molecule has 0 radical (unpaired) electrons. The largest absolute Gasteiger partial charge is 0.497 e. The molecule has 3 N–H and O–H groups in total. The first-order chi connectivity index (χ1) is 16.2. The molecule has 1 unspecified atom stereocenters. The summed E-state index contributed by atoms with van der Waals surface area (Å²) < 4.78 is 5.39. The lowest BCUT2D eigenvalue weighted by Crippen LogP contribution is -2.37. The van der Waals surface area contributed by atoms with Gasteiger partial charge in [0.25, 0.3) is 0 Å². The summed E-state index contributed by atoms with van der Waals surface area (Å²) in [5.74, 6) is 1.54. The van der Waals surface area contributed by atoms with Gasteiger partial charge in [-0.25, -0.2) is 0 Å². The first kappa shape index (κ1) is 23.0. The number of carbonyl (C=O) groups excluding carboxylic acids is 1. The molecule has 1 aliphatic rings. The lowest BCUT2D eigenvalue weighted by molar-refractivity contribution is -0.127. The molecule has 4 rings (SSSR count). The molecule has 1 saturated carbocycles. The number of hydrogen-bond acceptors (Lipinski definition) is 4. The van der Waals surface area contributed by atoms with Crippen LogP contribution in [-0.2, 0) is 11.2 Å². The topological polar surface area (TPSA) is 77.2 Å². The highest BCUT2D eigenvalue weighted by molar-refractivity contribution is 5.79. The quantitative estimate of drug-likeness (QED) is 0.518. The number of nitrogens with two attached hydrogens (primary N) is 1. The molecule has 5 nitrogen and oxygen atoms in total. The van der Waals surface area contributed by atoms with Gasteiger partial charge in [0.15, 0.2) is 0 Å². The van der Waals surface area contributed by atoms with E-state index in [4.69, 9.17) is 10.5 Å². The van der Waals surface area contributed by atoms with Crippen molar-refractivity contribution >= 4 is 5.91 Å². The Hall–Kier alpha value is -3.18. The minimum Gasteiger partial charge on any atom is -0.497 e. The van der Waals surface area contributed by atoms with Crippen LogP contribution in [0.4, 0.5) is 0 Å². The zero-order valence-electron chi connectivity index (χ0n) is 19.2. The molecule has 1 amide bonds. The maximum Gasteiger partial charge on any atom is 0.223 e. The SMILES string of the molecule is COc1cccc(-c2ccnc(C(Cc3ccccc3)NC(=O)[C@H]3CC[C@H](CN)CC3)c2)c1. The molecule has 1 fully saturated rings. The normalized spacial score (nSPS) is 19.0. The summed E-state index contributed by atoms with van der Waals surface area (Å²) in [6.45, 7) is 0.714. The number of benzene rings is 2. The number of methoxy groups -OCH3 is 1. The van der Waals surface area contributed by atoms with E-state index in [1.54, 1.807) is 7.11 Å². The number of rotatable bonds is 8. The fraction of sp³-hybridized carbons (Fsp3) is 0.357. The van der Waals surface area contributed by atoms with Crippen LogP contribution in [0.2, 0.25) is 0 Å². The third kappa shape index (κ3) is 5.99. The first-order valence-corrected chi connectivity index (χ1v) is 11.8. The van der Waals surface area contributed by atoms with E-state index in [1.165, 1.54) is 5.56 Å². The molecule has 1 atom stereocenters. The predicted molar refractivity (Wildman–Crippen MR) is 132 cm³/mol. The lowest BCUT2D eigenvalue weighted by Gasteiger charge is -2.28. The van der Waals surface area contributed by atoms with Gasteiger partial charge in [-0.15, -0.1) is 0 Å². The number of carbonyl (C=O) groups is 1. The smallest absolute Gasteiger partial charge is 0.223 e. The molecule has 1 heterocycles. The second-order valence-corrected chi connectivity index (χ2v) is 8.91. The third-order valence-electron chi connectivity index (χ3n) is 6.69. The van der Waals surface area contributed by atoms with E-state index in [2.05, 4.69) is 34.6 Å². The Balaban J connectivity index is 1.57. The van der Waals surface area contributed by atoms with Crippen LogP contribution >= 0.6 is 0 Å². The molecule has 2 aromatic carbocycles. The molecule has 0 bridgehead atoms. The van der Waals surface area contributed by atoms with Crippen molar-refractivity contribution in [1.29, 1.82) is 0 Å². The number of amides is 1. The Labute approximate surface area is 196 Å². The number of pyridine rings is 1.